The second-order valence-electron chi connectivity index (χ2n) is 5.16. The van der Waals surface area contributed by atoms with Crippen molar-refractivity contribution < 1.29 is 4.79 Å². The summed E-state index contributed by atoms with van der Waals surface area (Å²) in [5.74, 6) is 1.55. The van der Waals surface area contributed by atoms with Gasteiger partial charge in [0.2, 0.25) is 5.91 Å². The van der Waals surface area contributed by atoms with Crippen molar-refractivity contribution in [2.45, 2.75) is 33.6 Å². The molecule has 0 bridgehead atoms. The van der Waals surface area contributed by atoms with Gasteiger partial charge in [-0.1, -0.05) is 20.8 Å². The second-order valence-corrected chi connectivity index (χ2v) is 5.16. The van der Waals surface area contributed by atoms with Crippen LogP contribution in [0, 0.1) is 11.8 Å². The number of nitrogens with zero attached hydrogens (tertiary/aromatic N) is 1. The Balaban J connectivity index is 2.15. The zero-order valence-corrected chi connectivity index (χ0v) is 10.3. The van der Waals surface area contributed by atoms with Crippen molar-refractivity contribution >= 4 is 5.91 Å². The van der Waals surface area contributed by atoms with E-state index >= 15 is 0 Å². The van der Waals surface area contributed by atoms with Crippen molar-refractivity contribution in [3.63, 3.8) is 0 Å². The van der Waals surface area contributed by atoms with Crippen LogP contribution in [0.5, 0.6) is 0 Å². The van der Waals surface area contributed by atoms with Gasteiger partial charge in [0.1, 0.15) is 0 Å². The highest BCUT2D eigenvalue weighted by atomic mass is 16.2. The molecule has 0 aromatic rings. The van der Waals surface area contributed by atoms with E-state index in [1.165, 1.54) is 12.8 Å². The van der Waals surface area contributed by atoms with E-state index in [9.17, 15) is 4.79 Å². The number of rotatable bonds is 4. The summed E-state index contributed by atoms with van der Waals surface area (Å²) in [6.07, 6.45) is 2.47. The van der Waals surface area contributed by atoms with Gasteiger partial charge >= 0.3 is 0 Å². The summed E-state index contributed by atoms with van der Waals surface area (Å²) in [6, 6.07) is 0. The van der Waals surface area contributed by atoms with Crippen LogP contribution in [0.2, 0.25) is 0 Å². The van der Waals surface area contributed by atoms with Crippen molar-refractivity contribution in [1.29, 1.82) is 0 Å². The first-order valence-corrected chi connectivity index (χ1v) is 6.07. The molecular formula is C12H24N2O. The molecule has 88 valence electrons. The molecule has 3 nitrogen and oxygen atoms in total. The summed E-state index contributed by atoms with van der Waals surface area (Å²) in [5, 5.41) is 2.96. The molecule has 1 saturated heterocycles. The molecule has 1 aliphatic heterocycles. The lowest BCUT2D eigenvalue weighted by molar-refractivity contribution is -0.122. The predicted octanol–water partition coefficient (Wildman–Crippen LogP) is 1.49. The Morgan fingerprint density at radius 3 is 2.53 bits per heavy atom. The summed E-state index contributed by atoms with van der Waals surface area (Å²) in [5.41, 5.74) is 0. The van der Waals surface area contributed by atoms with Gasteiger partial charge in [-0.2, -0.15) is 0 Å². The molecule has 1 amide bonds. The fraction of sp³-hybridized carbons (Fsp3) is 0.917. The Morgan fingerprint density at radius 1 is 1.40 bits per heavy atom. The summed E-state index contributed by atoms with van der Waals surface area (Å²) in [7, 11) is 0. The molecule has 15 heavy (non-hydrogen) atoms. The number of hydrogen-bond acceptors (Lipinski definition) is 2. The molecule has 1 heterocycles. The Morgan fingerprint density at radius 2 is 2.00 bits per heavy atom. The first-order chi connectivity index (χ1) is 7.08. The third-order valence-corrected chi connectivity index (χ3v) is 2.95. The maximum atomic E-state index is 11.5. The van der Waals surface area contributed by atoms with Gasteiger partial charge in [-0.25, -0.2) is 0 Å². The van der Waals surface area contributed by atoms with Gasteiger partial charge in [0.05, 0.1) is 6.54 Å². The van der Waals surface area contributed by atoms with E-state index in [4.69, 9.17) is 0 Å². The topological polar surface area (TPSA) is 32.3 Å². The average Bonchev–Trinajstić information content (AvgIpc) is 2.19. The summed E-state index contributed by atoms with van der Waals surface area (Å²) >= 11 is 0. The van der Waals surface area contributed by atoms with Crippen LogP contribution in [-0.4, -0.2) is 37.0 Å². The summed E-state index contributed by atoms with van der Waals surface area (Å²) in [4.78, 5) is 13.8. The fourth-order valence-corrected chi connectivity index (χ4v) is 1.80. The van der Waals surface area contributed by atoms with Gasteiger partial charge < -0.3 is 5.32 Å². The highest BCUT2D eigenvalue weighted by molar-refractivity contribution is 5.77. The normalized spacial score (nSPS) is 19.5. The average molecular weight is 212 g/mol. The number of piperidine rings is 1. The monoisotopic (exact) mass is 212 g/mol. The zero-order valence-electron chi connectivity index (χ0n) is 10.3. The Bertz CT molecular complexity index is 196. The van der Waals surface area contributed by atoms with Crippen LogP contribution < -0.4 is 5.32 Å². The van der Waals surface area contributed by atoms with Gasteiger partial charge in [-0.15, -0.1) is 0 Å². The van der Waals surface area contributed by atoms with Gasteiger partial charge in [0, 0.05) is 6.54 Å². The highest BCUT2D eigenvalue weighted by Crippen LogP contribution is 2.15. The van der Waals surface area contributed by atoms with Gasteiger partial charge in [-0.05, 0) is 37.8 Å². The van der Waals surface area contributed by atoms with Crippen molar-refractivity contribution in [2.24, 2.45) is 11.8 Å². The minimum Gasteiger partial charge on any atom is -0.355 e. The first-order valence-electron chi connectivity index (χ1n) is 6.07. The lowest BCUT2D eigenvalue weighted by Gasteiger charge is -2.29. The molecule has 3 heteroatoms. The Hall–Kier alpha value is -0.570. The van der Waals surface area contributed by atoms with Crippen molar-refractivity contribution in [3.05, 3.63) is 0 Å². The minimum atomic E-state index is 0.179. The third kappa shape index (κ3) is 5.17. The highest BCUT2D eigenvalue weighted by Gasteiger charge is 2.17. The number of carbonyl (C=O) groups is 1. The maximum absolute atomic E-state index is 11.5. The minimum absolute atomic E-state index is 0.179. The van der Waals surface area contributed by atoms with E-state index in [1.807, 2.05) is 0 Å². The third-order valence-electron chi connectivity index (χ3n) is 2.95. The molecule has 0 aliphatic carbocycles. The molecule has 0 radical (unpaired) electrons. The molecule has 0 saturated carbocycles. The van der Waals surface area contributed by atoms with Crippen LogP contribution in [0.1, 0.15) is 33.6 Å². The van der Waals surface area contributed by atoms with Crippen LogP contribution in [0.3, 0.4) is 0 Å². The van der Waals surface area contributed by atoms with E-state index in [0.29, 0.717) is 12.5 Å². The summed E-state index contributed by atoms with van der Waals surface area (Å²) < 4.78 is 0. The molecule has 1 rings (SSSR count). The largest absolute Gasteiger partial charge is 0.355 e. The van der Waals surface area contributed by atoms with Crippen LogP contribution in [-0.2, 0) is 4.79 Å². The Kier molecular flexibility index (Phi) is 5.09. The standard InChI is InChI=1S/C12H24N2O/c1-10(2)8-13-12(15)9-14-6-4-11(3)5-7-14/h10-11H,4-9H2,1-3H3,(H,13,15). The van der Waals surface area contributed by atoms with Crippen molar-refractivity contribution in [2.75, 3.05) is 26.2 Å². The van der Waals surface area contributed by atoms with Crippen LogP contribution >= 0.6 is 0 Å². The lowest BCUT2D eigenvalue weighted by Crippen LogP contribution is -2.42. The van der Waals surface area contributed by atoms with Crippen molar-refractivity contribution in [1.82, 2.24) is 10.2 Å². The number of likely N-dealkylation sites (tertiary alicyclic amines) is 1. The van der Waals surface area contributed by atoms with E-state index in [1.54, 1.807) is 0 Å². The number of carbonyl (C=O) groups excluding carboxylic acids is 1. The lowest BCUT2D eigenvalue weighted by atomic mass is 9.99. The smallest absolute Gasteiger partial charge is 0.234 e. The summed E-state index contributed by atoms with van der Waals surface area (Å²) in [6.45, 7) is 10.1. The molecular weight excluding hydrogens is 188 g/mol. The molecule has 0 aromatic heterocycles. The quantitative estimate of drug-likeness (QED) is 0.766. The molecule has 0 spiro atoms. The number of hydrogen-bond donors (Lipinski definition) is 1. The predicted molar refractivity (Wildman–Crippen MR) is 62.7 cm³/mol. The van der Waals surface area contributed by atoms with Gasteiger partial charge in [0.25, 0.3) is 0 Å². The molecule has 1 N–H and O–H groups in total. The first kappa shape index (κ1) is 12.5. The molecule has 1 aliphatic rings. The van der Waals surface area contributed by atoms with Crippen LogP contribution in [0.4, 0.5) is 0 Å². The molecule has 0 aromatic carbocycles. The SMILES string of the molecule is CC(C)CNC(=O)CN1CCC(C)CC1. The molecule has 0 unspecified atom stereocenters. The van der Waals surface area contributed by atoms with Gasteiger partial charge in [-0.3, -0.25) is 9.69 Å². The van der Waals surface area contributed by atoms with Crippen LogP contribution in [0.15, 0.2) is 0 Å². The zero-order chi connectivity index (χ0) is 11.3. The number of nitrogens with one attached hydrogen (secondary N) is 1. The van der Waals surface area contributed by atoms with E-state index in [2.05, 4.69) is 31.0 Å². The number of amides is 1. The van der Waals surface area contributed by atoms with E-state index < -0.39 is 0 Å². The molecule has 1 fully saturated rings. The van der Waals surface area contributed by atoms with Crippen LogP contribution in [0.25, 0.3) is 0 Å². The fourth-order valence-electron chi connectivity index (χ4n) is 1.80. The second kappa shape index (κ2) is 6.11. The van der Waals surface area contributed by atoms with Crippen molar-refractivity contribution in [3.8, 4) is 0 Å². The van der Waals surface area contributed by atoms with E-state index in [0.717, 1.165) is 25.6 Å². The van der Waals surface area contributed by atoms with Gasteiger partial charge in [0.15, 0.2) is 0 Å². The maximum Gasteiger partial charge on any atom is 0.234 e. The molecule has 0 atom stereocenters. The Labute approximate surface area is 93.2 Å². The van der Waals surface area contributed by atoms with E-state index in [-0.39, 0.29) is 5.91 Å².